The van der Waals surface area contributed by atoms with Crippen molar-refractivity contribution < 1.29 is 14.0 Å². The summed E-state index contributed by atoms with van der Waals surface area (Å²) in [5, 5.41) is 0. The van der Waals surface area contributed by atoms with Gasteiger partial charge in [0, 0.05) is 37.0 Å². The molecule has 1 amide bonds. The maximum Gasteiger partial charge on any atom is 0.241 e. The zero-order valence-electron chi connectivity index (χ0n) is 15.4. The highest BCUT2D eigenvalue weighted by molar-refractivity contribution is 5.97. The number of hydrogen-bond donors (Lipinski definition) is 2. The van der Waals surface area contributed by atoms with Crippen molar-refractivity contribution in [2.75, 3.05) is 13.1 Å². The lowest BCUT2D eigenvalue weighted by Crippen LogP contribution is -2.49. The molecule has 2 atom stereocenters. The van der Waals surface area contributed by atoms with Gasteiger partial charge in [-0.3, -0.25) is 14.6 Å². The van der Waals surface area contributed by atoms with Crippen LogP contribution in [0.1, 0.15) is 47.2 Å². The summed E-state index contributed by atoms with van der Waals surface area (Å²) in [4.78, 5) is 31.3. The maximum absolute atomic E-state index is 12.8. The number of rotatable bonds is 4. The fraction of sp³-hybridized carbons (Fsp3) is 0.450. The summed E-state index contributed by atoms with van der Waals surface area (Å²) in [5.41, 5.74) is 6.90. The Morgan fingerprint density at radius 3 is 2.67 bits per heavy atom. The molecular formula is C20H24N4O3. The second-order valence-electron chi connectivity index (χ2n) is 7.28. The number of pyridine rings is 1. The molecule has 0 radical (unpaired) electrons. The zero-order valence-corrected chi connectivity index (χ0v) is 15.4. The summed E-state index contributed by atoms with van der Waals surface area (Å²) in [6.45, 7) is 3.13. The van der Waals surface area contributed by atoms with Gasteiger partial charge in [0.05, 0.1) is 6.04 Å². The van der Waals surface area contributed by atoms with Crippen LogP contribution in [0.4, 0.5) is 0 Å². The second-order valence-corrected chi connectivity index (χ2v) is 7.28. The minimum Gasteiger partial charge on any atom is -0.465 e. The molecule has 7 nitrogen and oxygen atoms in total. The summed E-state index contributed by atoms with van der Waals surface area (Å²) in [5.74, 6) is 1.88. The van der Waals surface area contributed by atoms with Crippen LogP contribution in [0.3, 0.4) is 0 Å². The predicted molar refractivity (Wildman–Crippen MR) is 98.7 cm³/mol. The standard InChI is InChI=1S/C20H24N4O3/c1-13-4-5-18(27-13)16-11-17(23-22-16)20(26)24-9-6-14(7-10-24)19(25)15-3-2-8-21-12-15/h2-5,8,12,14,16-17,22-23H,6-7,9-11H2,1H3. The minimum atomic E-state index is -0.272. The van der Waals surface area contributed by atoms with E-state index in [1.54, 1.807) is 24.5 Å². The average molecular weight is 368 g/mol. The van der Waals surface area contributed by atoms with Crippen molar-refractivity contribution >= 4 is 11.7 Å². The van der Waals surface area contributed by atoms with Crippen molar-refractivity contribution in [1.29, 1.82) is 0 Å². The number of carbonyl (C=O) groups excluding carboxylic acids is 2. The molecule has 4 heterocycles. The Kier molecular flexibility index (Phi) is 5.05. The number of hydrazine groups is 1. The van der Waals surface area contributed by atoms with Crippen LogP contribution in [-0.2, 0) is 4.79 Å². The molecule has 2 aromatic rings. The third-order valence-corrected chi connectivity index (χ3v) is 5.43. The number of Topliss-reactive ketones (excluding diaryl/α,β-unsaturated/α-hetero) is 1. The van der Waals surface area contributed by atoms with E-state index < -0.39 is 0 Å². The number of aromatic nitrogens is 1. The fourth-order valence-corrected chi connectivity index (χ4v) is 3.87. The van der Waals surface area contributed by atoms with E-state index in [1.807, 2.05) is 24.0 Å². The first-order chi connectivity index (χ1) is 13.1. The zero-order chi connectivity index (χ0) is 18.8. The van der Waals surface area contributed by atoms with Crippen LogP contribution in [0, 0.1) is 12.8 Å². The Hall–Kier alpha value is -2.51. The van der Waals surface area contributed by atoms with Crippen LogP contribution in [0.15, 0.2) is 41.1 Å². The number of aryl methyl sites for hydroxylation is 1. The van der Waals surface area contributed by atoms with Crippen LogP contribution < -0.4 is 10.9 Å². The van der Waals surface area contributed by atoms with Crippen LogP contribution in [0.25, 0.3) is 0 Å². The third kappa shape index (κ3) is 3.79. The van der Waals surface area contributed by atoms with Gasteiger partial charge in [0.25, 0.3) is 0 Å². The monoisotopic (exact) mass is 368 g/mol. The molecule has 2 aliphatic rings. The average Bonchev–Trinajstić information content (AvgIpc) is 3.37. The molecule has 0 spiro atoms. The Bertz CT molecular complexity index is 812. The van der Waals surface area contributed by atoms with Gasteiger partial charge in [0.15, 0.2) is 5.78 Å². The minimum absolute atomic E-state index is 0.00246. The number of carbonyl (C=O) groups is 2. The molecule has 2 saturated heterocycles. The SMILES string of the molecule is Cc1ccc(C2CC(C(=O)N3CCC(C(=O)c4cccnc4)CC3)NN2)o1. The molecule has 2 aliphatic heterocycles. The molecule has 0 bridgehead atoms. The number of hydrogen-bond acceptors (Lipinski definition) is 6. The van der Waals surface area contributed by atoms with Crippen LogP contribution in [0.5, 0.6) is 0 Å². The highest BCUT2D eigenvalue weighted by Crippen LogP contribution is 2.27. The van der Waals surface area contributed by atoms with Gasteiger partial charge in [-0.15, -0.1) is 0 Å². The van der Waals surface area contributed by atoms with Crippen molar-refractivity contribution in [3.63, 3.8) is 0 Å². The van der Waals surface area contributed by atoms with Crippen LogP contribution >= 0.6 is 0 Å². The number of piperidine rings is 1. The lowest BCUT2D eigenvalue weighted by molar-refractivity contribution is -0.134. The number of amides is 1. The molecule has 2 unspecified atom stereocenters. The second kappa shape index (κ2) is 7.62. The van der Waals surface area contributed by atoms with Crippen LogP contribution in [0.2, 0.25) is 0 Å². The largest absolute Gasteiger partial charge is 0.465 e. The number of furan rings is 1. The molecular weight excluding hydrogens is 344 g/mol. The number of ketones is 1. The van der Waals surface area contributed by atoms with Gasteiger partial charge in [-0.2, -0.15) is 0 Å². The molecule has 142 valence electrons. The van der Waals surface area contributed by atoms with Crippen molar-refractivity contribution in [3.8, 4) is 0 Å². The van der Waals surface area contributed by atoms with Crippen LogP contribution in [-0.4, -0.2) is 40.7 Å². The molecule has 2 aromatic heterocycles. The molecule has 0 aromatic carbocycles. The Morgan fingerprint density at radius 2 is 2.00 bits per heavy atom. The number of nitrogens with zero attached hydrogens (tertiary/aromatic N) is 2. The highest BCUT2D eigenvalue weighted by Gasteiger charge is 2.36. The van der Waals surface area contributed by atoms with Gasteiger partial charge in [0.2, 0.25) is 5.91 Å². The molecule has 2 fully saturated rings. The first-order valence-electron chi connectivity index (χ1n) is 9.42. The van der Waals surface area contributed by atoms with E-state index in [4.69, 9.17) is 4.42 Å². The topological polar surface area (TPSA) is 87.5 Å². The number of likely N-dealkylation sites (tertiary alicyclic amines) is 1. The van der Waals surface area contributed by atoms with Gasteiger partial charge in [0.1, 0.15) is 17.6 Å². The van der Waals surface area contributed by atoms with E-state index in [-0.39, 0.29) is 29.7 Å². The number of nitrogens with one attached hydrogen (secondary N) is 2. The summed E-state index contributed by atoms with van der Waals surface area (Å²) in [6.07, 6.45) is 5.32. The molecule has 0 aliphatic carbocycles. The molecule has 4 rings (SSSR count). The Morgan fingerprint density at radius 1 is 1.19 bits per heavy atom. The van der Waals surface area contributed by atoms with Crippen molar-refractivity contribution in [3.05, 3.63) is 53.7 Å². The Balaban J connectivity index is 1.31. The maximum atomic E-state index is 12.8. The van der Waals surface area contributed by atoms with E-state index in [0.717, 1.165) is 11.5 Å². The van der Waals surface area contributed by atoms with Crippen molar-refractivity contribution in [2.45, 2.75) is 38.3 Å². The van der Waals surface area contributed by atoms with Gasteiger partial charge in [-0.05, 0) is 50.5 Å². The predicted octanol–water partition coefficient (Wildman–Crippen LogP) is 2.01. The van der Waals surface area contributed by atoms with Gasteiger partial charge in [-0.25, -0.2) is 10.9 Å². The summed E-state index contributed by atoms with van der Waals surface area (Å²) in [7, 11) is 0. The molecule has 2 N–H and O–H groups in total. The lowest BCUT2D eigenvalue weighted by Gasteiger charge is -2.32. The van der Waals surface area contributed by atoms with E-state index in [9.17, 15) is 9.59 Å². The first-order valence-corrected chi connectivity index (χ1v) is 9.42. The van der Waals surface area contributed by atoms with Crippen molar-refractivity contribution in [1.82, 2.24) is 20.7 Å². The van der Waals surface area contributed by atoms with Crippen molar-refractivity contribution in [2.24, 2.45) is 5.92 Å². The fourth-order valence-electron chi connectivity index (χ4n) is 3.87. The van der Waals surface area contributed by atoms with Gasteiger partial charge < -0.3 is 9.32 Å². The molecule has 7 heteroatoms. The lowest BCUT2D eigenvalue weighted by atomic mass is 9.89. The summed E-state index contributed by atoms with van der Waals surface area (Å²) >= 11 is 0. The summed E-state index contributed by atoms with van der Waals surface area (Å²) < 4.78 is 5.65. The quantitative estimate of drug-likeness (QED) is 0.803. The molecule has 0 saturated carbocycles. The first kappa shape index (κ1) is 17.9. The normalized spacial score (nSPS) is 23.5. The molecule has 27 heavy (non-hydrogen) atoms. The smallest absolute Gasteiger partial charge is 0.241 e. The Labute approximate surface area is 158 Å². The third-order valence-electron chi connectivity index (χ3n) is 5.43. The van der Waals surface area contributed by atoms with E-state index in [0.29, 0.717) is 37.9 Å². The highest BCUT2D eigenvalue weighted by atomic mass is 16.3. The van der Waals surface area contributed by atoms with E-state index in [1.165, 1.54) is 0 Å². The van der Waals surface area contributed by atoms with Gasteiger partial charge in [-0.1, -0.05) is 0 Å². The summed E-state index contributed by atoms with van der Waals surface area (Å²) in [6, 6.07) is 7.18. The van der Waals surface area contributed by atoms with Gasteiger partial charge >= 0.3 is 0 Å². The van der Waals surface area contributed by atoms with E-state index >= 15 is 0 Å². The van der Waals surface area contributed by atoms with E-state index in [2.05, 4.69) is 15.8 Å².